The van der Waals surface area contributed by atoms with E-state index in [-0.39, 0.29) is 6.61 Å². The van der Waals surface area contributed by atoms with Crippen LogP contribution in [0.25, 0.3) is 0 Å². The third-order valence-corrected chi connectivity index (χ3v) is 3.03. The smallest absolute Gasteiger partial charge is 0.138 e. The first-order chi connectivity index (χ1) is 8.49. The van der Waals surface area contributed by atoms with E-state index in [0.717, 1.165) is 5.56 Å². The van der Waals surface area contributed by atoms with Crippen LogP contribution in [0.2, 0.25) is 0 Å². The second-order valence-electron chi connectivity index (χ2n) is 5.15. The summed E-state index contributed by atoms with van der Waals surface area (Å²) in [7, 11) is 1.54. The molecule has 0 radical (unpaired) electrons. The number of hydrogen-bond acceptors (Lipinski definition) is 2. The van der Waals surface area contributed by atoms with Gasteiger partial charge in [0, 0.05) is 13.5 Å². The maximum absolute atomic E-state index is 14.7. The molecule has 2 nitrogen and oxygen atoms in total. The van der Waals surface area contributed by atoms with Crippen LogP contribution in [-0.4, -0.2) is 25.9 Å². The lowest BCUT2D eigenvalue weighted by Gasteiger charge is -2.25. The van der Waals surface area contributed by atoms with Crippen LogP contribution in [0.5, 0.6) is 0 Å². The van der Waals surface area contributed by atoms with Crippen molar-refractivity contribution in [2.45, 2.75) is 38.8 Å². The van der Waals surface area contributed by atoms with Gasteiger partial charge in [0.2, 0.25) is 0 Å². The lowest BCUT2D eigenvalue weighted by molar-refractivity contribution is 0.0334. The minimum atomic E-state index is -1.31. The van der Waals surface area contributed by atoms with E-state index in [0.29, 0.717) is 25.8 Å². The molecule has 0 aromatic heterocycles. The number of ether oxygens (including phenoxy) is 1. The van der Waals surface area contributed by atoms with Crippen LogP contribution >= 0.6 is 0 Å². The molecule has 1 unspecified atom stereocenters. The number of nitrogens with two attached hydrogens (primary N) is 1. The molecule has 0 aliphatic rings. The van der Waals surface area contributed by atoms with E-state index in [1.54, 1.807) is 0 Å². The Balaban J connectivity index is 2.81. The van der Waals surface area contributed by atoms with Gasteiger partial charge in [-0.25, -0.2) is 4.39 Å². The van der Waals surface area contributed by atoms with Gasteiger partial charge in [-0.3, -0.25) is 0 Å². The van der Waals surface area contributed by atoms with Crippen LogP contribution in [0.3, 0.4) is 0 Å². The maximum atomic E-state index is 14.7. The van der Waals surface area contributed by atoms with E-state index < -0.39 is 5.67 Å². The summed E-state index contributed by atoms with van der Waals surface area (Å²) in [6.45, 7) is 4.71. The van der Waals surface area contributed by atoms with Gasteiger partial charge in [0.25, 0.3) is 0 Å². The minimum absolute atomic E-state index is 0.125. The standard InChI is InChI=1S/C15H24FNO/c1-12-7-13(2)9-14(8-12)10-15(16,11-18-3)5-4-6-17/h7-9H,4-6,10-11,17H2,1-3H3. The fraction of sp³-hybridized carbons (Fsp3) is 0.600. The molecule has 1 rings (SSSR count). The summed E-state index contributed by atoms with van der Waals surface area (Å²) in [6, 6.07) is 6.18. The SMILES string of the molecule is COCC(F)(CCCN)Cc1cc(C)cc(C)c1. The molecule has 0 aliphatic carbocycles. The number of alkyl halides is 1. The largest absolute Gasteiger partial charge is 0.381 e. The molecular weight excluding hydrogens is 229 g/mol. The second-order valence-corrected chi connectivity index (χ2v) is 5.15. The van der Waals surface area contributed by atoms with Crippen molar-refractivity contribution in [1.29, 1.82) is 0 Å². The van der Waals surface area contributed by atoms with Gasteiger partial charge in [-0.05, 0) is 38.8 Å². The molecule has 1 aromatic carbocycles. The molecule has 1 aromatic rings. The Morgan fingerprint density at radius 3 is 2.33 bits per heavy atom. The van der Waals surface area contributed by atoms with Crippen LogP contribution in [0.15, 0.2) is 18.2 Å². The zero-order chi connectivity index (χ0) is 13.6. The Morgan fingerprint density at radius 2 is 1.83 bits per heavy atom. The Hall–Kier alpha value is -0.930. The van der Waals surface area contributed by atoms with E-state index in [1.165, 1.54) is 18.2 Å². The van der Waals surface area contributed by atoms with Crippen LogP contribution in [0, 0.1) is 13.8 Å². The van der Waals surface area contributed by atoms with E-state index in [9.17, 15) is 4.39 Å². The molecule has 3 heteroatoms. The summed E-state index contributed by atoms with van der Waals surface area (Å²) >= 11 is 0. The Morgan fingerprint density at radius 1 is 1.22 bits per heavy atom. The fourth-order valence-electron chi connectivity index (χ4n) is 2.43. The van der Waals surface area contributed by atoms with Crippen molar-refractivity contribution in [3.63, 3.8) is 0 Å². The lowest BCUT2D eigenvalue weighted by atomic mass is 9.91. The van der Waals surface area contributed by atoms with Crippen molar-refractivity contribution in [3.05, 3.63) is 34.9 Å². The van der Waals surface area contributed by atoms with Crippen molar-refractivity contribution >= 4 is 0 Å². The van der Waals surface area contributed by atoms with Gasteiger partial charge in [0.1, 0.15) is 5.67 Å². The second kappa shape index (κ2) is 6.86. The minimum Gasteiger partial charge on any atom is -0.381 e. The number of benzene rings is 1. The molecule has 0 amide bonds. The highest BCUT2D eigenvalue weighted by Crippen LogP contribution is 2.25. The molecule has 0 fully saturated rings. The average Bonchev–Trinajstić information content (AvgIpc) is 2.25. The Kier molecular flexibility index (Phi) is 5.76. The summed E-state index contributed by atoms with van der Waals surface area (Å²) in [4.78, 5) is 0. The average molecular weight is 253 g/mol. The zero-order valence-corrected chi connectivity index (χ0v) is 11.6. The van der Waals surface area contributed by atoms with Gasteiger partial charge in [-0.2, -0.15) is 0 Å². The van der Waals surface area contributed by atoms with Crippen LogP contribution in [0.1, 0.15) is 29.5 Å². The number of rotatable bonds is 7. The van der Waals surface area contributed by atoms with Crippen molar-refractivity contribution in [2.75, 3.05) is 20.3 Å². The topological polar surface area (TPSA) is 35.2 Å². The molecule has 1 atom stereocenters. The first-order valence-corrected chi connectivity index (χ1v) is 6.44. The molecule has 0 saturated carbocycles. The third kappa shape index (κ3) is 4.75. The molecule has 0 bridgehead atoms. The first-order valence-electron chi connectivity index (χ1n) is 6.44. The Bertz CT molecular complexity index is 361. The number of aryl methyl sites for hydroxylation is 2. The van der Waals surface area contributed by atoms with Gasteiger partial charge in [-0.15, -0.1) is 0 Å². The number of methoxy groups -OCH3 is 1. The van der Waals surface area contributed by atoms with E-state index in [1.807, 2.05) is 26.0 Å². The van der Waals surface area contributed by atoms with Gasteiger partial charge in [-0.1, -0.05) is 29.3 Å². The highest BCUT2D eigenvalue weighted by Gasteiger charge is 2.29. The van der Waals surface area contributed by atoms with Gasteiger partial charge in [0.15, 0.2) is 0 Å². The maximum Gasteiger partial charge on any atom is 0.138 e. The van der Waals surface area contributed by atoms with Gasteiger partial charge in [0.05, 0.1) is 6.61 Å². The number of hydrogen-bond donors (Lipinski definition) is 1. The summed E-state index contributed by atoms with van der Waals surface area (Å²) in [5.74, 6) is 0. The summed E-state index contributed by atoms with van der Waals surface area (Å²) in [6.07, 6.45) is 1.53. The molecule has 0 saturated heterocycles. The highest BCUT2D eigenvalue weighted by atomic mass is 19.1. The summed E-state index contributed by atoms with van der Waals surface area (Å²) in [5.41, 5.74) is 7.53. The van der Waals surface area contributed by atoms with Crippen molar-refractivity contribution in [2.24, 2.45) is 5.73 Å². The molecular formula is C15H24FNO. The predicted octanol–water partition coefficient (Wildman–Crippen LogP) is 2.94. The fourth-order valence-corrected chi connectivity index (χ4v) is 2.43. The van der Waals surface area contributed by atoms with Crippen LogP contribution in [-0.2, 0) is 11.2 Å². The van der Waals surface area contributed by atoms with Gasteiger partial charge < -0.3 is 10.5 Å². The van der Waals surface area contributed by atoms with Crippen LogP contribution in [0.4, 0.5) is 4.39 Å². The van der Waals surface area contributed by atoms with Crippen molar-refractivity contribution in [3.8, 4) is 0 Å². The van der Waals surface area contributed by atoms with E-state index in [4.69, 9.17) is 10.5 Å². The molecule has 102 valence electrons. The molecule has 18 heavy (non-hydrogen) atoms. The number of halogens is 1. The normalized spacial score (nSPS) is 14.5. The van der Waals surface area contributed by atoms with E-state index >= 15 is 0 Å². The lowest BCUT2D eigenvalue weighted by Crippen LogP contribution is -2.32. The molecule has 0 heterocycles. The molecule has 2 N–H and O–H groups in total. The zero-order valence-electron chi connectivity index (χ0n) is 11.6. The van der Waals surface area contributed by atoms with Crippen molar-refractivity contribution in [1.82, 2.24) is 0 Å². The van der Waals surface area contributed by atoms with Crippen LogP contribution < -0.4 is 5.73 Å². The monoisotopic (exact) mass is 253 g/mol. The van der Waals surface area contributed by atoms with Gasteiger partial charge >= 0.3 is 0 Å². The summed E-state index contributed by atoms with van der Waals surface area (Å²) in [5, 5.41) is 0. The molecule has 0 aliphatic heterocycles. The summed E-state index contributed by atoms with van der Waals surface area (Å²) < 4.78 is 19.8. The third-order valence-electron chi connectivity index (χ3n) is 3.03. The van der Waals surface area contributed by atoms with Crippen molar-refractivity contribution < 1.29 is 9.13 Å². The predicted molar refractivity (Wildman–Crippen MR) is 73.6 cm³/mol. The quantitative estimate of drug-likeness (QED) is 0.811. The molecule has 0 spiro atoms. The highest BCUT2D eigenvalue weighted by molar-refractivity contribution is 5.29. The van der Waals surface area contributed by atoms with E-state index in [2.05, 4.69) is 6.07 Å². The first kappa shape index (κ1) is 15.1. The Labute approximate surface area is 109 Å².